The first-order valence-corrected chi connectivity index (χ1v) is 18.3. The maximum Gasteiger partial charge on any atom is 0.511 e. The third-order valence-electron chi connectivity index (χ3n) is 7.94. The maximum absolute atomic E-state index is 14.2. The van der Waals surface area contributed by atoms with Gasteiger partial charge in [0.25, 0.3) is 0 Å². The highest BCUT2D eigenvalue weighted by atomic mass is 32.2. The highest BCUT2D eigenvalue weighted by Crippen LogP contribution is 2.32. The average molecular weight is 733 g/mol. The number of alkyl halides is 3. The van der Waals surface area contributed by atoms with E-state index in [4.69, 9.17) is 9.47 Å². The first kappa shape index (κ1) is 38.1. The second-order valence-electron chi connectivity index (χ2n) is 12.7. The molecule has 49 heavy (non-hydrogen) atoms. The van der Waals surface area contributed by atoms with Crippen molar-refractivity contribution in [1.82, 2.24) is 13.5 Å². The first-order valence-electron chi connectivity index (χ1n) is 15.4. The van der Waals surface area contributed by atoms with Crippen molar-refractivity contribution in [3.8, 4) is 5.75 Å². The minimum atomic E-state index is -5.53. The normalized spacial score (nSPS) is 18.9. The van der Waals surface area contributed by atoms with Crippen molar-refractivity contribution in [3.05, 3.63) is 54.1 Å². The van der Waals surface area contributed by atoms with Crippen LogP contribution in [0, 0.1) is 6.92 Å². The van der Waals surface area contributed by atoms with Crippen molar-refractivity contribution in [2.45, 2.75) is 75.5 Å². The van der Waals surface area contributed by atoms with E-state index in [9.17, 15) is 44.4 Å². The average Bonchev–Trinajstić information content (AvgIpc) is 3.52. The molecule has 2 fully saturated rings. The van der Waals surface area contributed by atoms with E-state index in [2.05, 4.69) is 0 Å². The van der Waals surface area contributed by atoms with E-state index >= 15 is 0 Å². The van der Waals surface area contributed by atoms with Crippen LogP contribution in [0.15, 0.2) is 53.4 Å². The van der Waals surface area contributed by atoms with Crippen molar-refractivity contribution in [2.24, 2.45) is 0 Å². The zero-order chi connectivity index (χ0) is 36.5. The van der Waals surface area contributed by atoms with E-state index < -0.39 is 74.3 Å². The number of anilines is 1. The van der Waals surface area contributed by atoms with Gasteiger partial charge < -0.3 is 14.4 Å². The minimum absolute atomic E-state index is 0.0131. The largest absolute Gasteiger partial charge is 0.511 e. The third-order valence-corrected chi connectivity index (χ3v) is 11.5. The van der Waals surface area contributed by atoms with Gasteiger partial charge in [0.1, 0.15) is 23.4 Å². The van der Waals surface area contributed by atoms with Crippen LogP contribution in [0.2, 0.25) is 0 Å². The van der Waals surface area contributed by atoms with Crippen molar-refractivity contribution >= 4 is 43.7 Å². The van der Waals surface area contributed by atoms with Crippen molar-refractivity contribution in [2.75, 3.05) is 37.6 Å². The predicted octanol–water partition coefficient (Wildman–Crippen LogP) is 3.88. The van der Waals surface area contributed by atoms with E-state index in [0.29, 0.717) is 6.42 Å². The van der Waals surface area contributed by atoms with Gasteiger partial charge in [0.15, 0.2) is 0 Å². The Morgan fingerprint density at radius 1 is 0.878 bits per heavy atom. The summed E-state index contributed by atoms with van der Waals surface area (Å²) in [5.74, 6) is -1.42. The SMILES string of the molecule is Cc1ccc(S(=O)(=O)N2CCC[C@H]2C(=O)N(c2ccc(OC(=O)N3CCN(S(=O)(=O)C(F)(F)F)CC3)cc2)[C@@H](C)C(=O)OC(C)(C)C)cc1. The molecule has 2 aromatic carbocycles. The number of hydrogen-bond acceptors (Lipinski definition) is 9. The van der Waals surface area contributed by atoms with Gasteiger partial charge in [0.2, 0.25) is 15.9 Å². The monoisotopic (exact) mass is 732 g/mol. The molecule has 0 spiro atoms. The van der Waals surface area contributed by atoms with Gasteiger partial charge in [-0.2, -0.15) is 21.8 Å². The molecule has 2 heterocycles. The van der Waals surface area contributed by atoms with E-state index in [1.165, 1.54) is 43.3 Å². The molecule has 2 aliphatic heterocycles. The van der Waals surface area contributed by atoms with Crippen LogP contribution in [0.25, 0.3) is 0 Å². The van der Waals surface area contributed by atoms with E-state index in [0.717, 1.165) is 19.7 Å². The number of carbonyl (C=O) groups is 3. The van der Waals surface area contributed by atoms with Gasteiger partial charge in [-0.05, 0) is 83.9 Å². The molecule has 0 aliphatic carbocycles. The second kappa shape index (κ2) is 14.2. The number of nitrogens with zero attached hydrogens (tertiary/aromatic N) is 4. The van der Waals surface area contributed by atoms with Gasteiger partial charge in [-0.15, -0.1) is 0 Å². The Morgan fingerprint density at radius 2 is 1.45 bits per heavy atom. The van der Waals surface area contributed by atoms with Crippen LogP contribution >= 0.6 is 0 Å². The number of halogens is 3. The number of carbonyl (C=O) groups excluding carboxylic acids is 3. The molecule has 2 aromatic rings. The van der Waals surface area contributed by atoms with E-state index in [1.807, 2.05) is 6.92 Å². The highest BCUT2D eigenvalue weighted by Gasteiger charge is 2.50. The summed E-state index contributed by atoms with van der Waals surface area (Å²) < 4.78 is 102. The molecule has 2 saturated heterocycles. The Balaban J connectivity index is 1.55. The molecule has 2 atom stereocenters. The molecular weight excluding hydrogens is 693 g/mol. The molecule has 2 amide bonds. The minimum Gasteiger partial charge on any atom is -0.458 e. The van der Waals surface area contributed by atoms with Gasteiger partial charge >= 0.3 is 27.6 Å². The van der Waals surface area contributed by atoms with E-state index in [-0.39, 0.29) is 46.7 Å². The number of sulfonamides is 2. The molecule has 0 radical (unpaired) electrons. The summed E-state index contributed by atoms with van der Waals surface area (Å²) in [6.45, 7) is 6.51. The van der Waals surface area contributed by atoms with Crippen LogP contribution in [0.5, 0.6) is 5.75 Å². The quantitative estimate of drug-likeness (QED) is 0.369. The molecule has 0 aromatic heterocycles. The molecule has 2 aliphatic rings. The van der Waals surface area contributed by atoms with Crippen LogP contribution < -0.4 is 9.64 Å². The summed E-state index contributed by atoms with van der Waals surface area (Å²) in [5.41, 5.74) is -5.32. The standard InChI is InChI=1S/C31H39F3N4O9S2/c1-21-8-14-25(15-9-21)48(42,43)37-16-6-7-26(37)27(39)38(22(2)28(40)47-30(3,4)5)23-10-12-24(13-11-23)46-29(41)35-17-19-36(20-18-35)49(44,45)31(32,33)34/h8-15,22,26H,6-7,16-20H2,1-5H3/t22-,26-/m0/s1. The Labute approximate surface area is 283 Å². The molecule has 4 rings (SSSR count). The lowest BCUT2D eigenvalue weighted by Gasteiger charge is -2.34. The fraction of sp³-hybridized carbons (Fsp3) is 0.516. The van der Waals surface area contributed by atoms with E-state index in [1.54, 1.807) is 32.9 Å². The topological polar surface area (TPSA) is 151 Å². The molecular formula is C31H39F3N4O9S2. The summed E-state index contributed by atoms with van der Waals surface area (Å²) >= 11 is 0. The van der Waals surface area contributed by atoms with Crippen molar-refractivity contribution < 1.29 is 53.9 Å². The number of ether oxygens (including phenoxy) is 2. The molecule has 270 valence electrons. The molecule has 0 N–H and O–H groups in total. The lowest BCUT2D eigenvalue weighted by molar-refractivity contribution is -0.157. The number of hydrogen-bond donors (Lipinski definition) is 0. The Bertz CT molecular complexity index is 1750. The van der Waals surface area contributed by atoms with Gasteiger partial charge in [-0.1, -0.05) is 17.7 Å². The number of aryl methyl sites for hydroxylation is 1. The van der Waals surface area contributed by atoms with Crippen LogP contribution in [0.1, 0.15) is 46.1 Å². The fourth-order valence-corrected chi connectivity index (χ4v) is 8.00. The number of benzene rings is 2. The lowest BCUT2D eigenvalue weighted by atomic mass is 10.1. The summed E-state index contributed by atoms with van der Waals surface area (Å²) in [7, 11) is -9.61. The first-order chi connectivity index (χ1) is 22.6. The highest BCUT2D eigenvalue weighted by molar-refractivity contribution is 7.90. The smallest absolute Gasteiger partial charge is 0.458 e. The Morgan fingerprint density at radius 3 is 1.98 bits per heavy atom. The van der Waals surface area contributed by atoms with Gasteiger partial charge in [0.05, 0.1) is 4.90 Å². The predicted molar refractivity (Wildman–Crippen MR) is 171 cm³/mol. The molecule has 0 bridgehead atoms. The lowest BCUT2D eigenvalue weighted by Crippen LogP contribution is -2.53. The van der Waals surface area contributed by atoms with Crippen LogP contribution in [-0.4, -0.2) is 104 Å². The number of esters is 1. The fourth-order valence-electron chi connectivity index (χ4n) is 5.41. The summed E-state index contributed by atoms with van der Waals surface area (Å²) in [4.78, 5) is 42.4. The van der Waals surface area contributed by atoms with Gasteiger partial charge in [-0.25, -0.2) is 26.4 Å². The van der Waals surface area contributed by atoms with Gasteiger partial charge in [0, 0.05) is 38.4 Å². The van der Waals surface area contributed by atoms with Crippen LogP contribution in [0.4, 0.5) is 23.7 Å². The third kappa shape index (κ3) is 8.53. The summed E-state index contributed by atoms with van der Waals surface area (Å²) in [5, 5.41) is 0. The van der Waals surface area contributed by atoms with Crippen LogP contribution in [-0.2, 0) is 34.4 Å². The number of rotatable bonds is 8. The zero-order valence-corrected chi connectivity index (χ0v) is 29.3. The molecule has 0 saturated carbocycles. The van der Waals surface area contributed by atoms with Gasteiger partial charge in [-0.3, -0.25) is 9.69 Å². The van der Waals surface area contributed by atoms with Crippen molar-refractivity contribution in [3.63, 3.8) is 0 Å². The summed E-state index contributed by atoms with van der Waals surface area (Å²) in [6, 6.07) is 9.36. The zero-order valence-electron chi connectivity index (χ0n) is 27.6. The van der Waals surface area contributed by atoms with Crippen LogP contribution in [0.3, 0.4) is 0 Å². The van der Waals surface area contributed by atoms with Crippen molar-refractivity contribution in [1.29, 1.82) is 0 Å². The second-order valence-corrected chi connectivity index (χ2v) is 16.5. The Kier molecular flexibility index (Phi) is 11.1. The number of piperazine rings is 1. The summed E-state index contributed by atoms with van der Waals surface area (Å²) in [6.07, 6.45) is -0.328. The molecule has 0 unspecified atom stereocenters. The Hall–Kier alpha value is -3.74. The molecule has 18 heteroatoms. The molecule has 13 nitrogen and oxygen atoms in total. The maximum atomic E-state index is 14.2. The number of amides is 2.